The number of aryl methyl sites for hydroxylation is 3. The van der Waals surface area contributed by atoms with E-state index < -0.39 is 9.84 Å². The average Bonchev–Trinajstić information content (AvgIpc) is 3.31. The number of nitrogens with zero attached hydrogens (tertiary/aromatic N) is 4. The maximum absolute atomic E-state index is 12.9. The molecule has 1 unspecified atom stereocenters. The van der Waals surface area contributed by atoms with Gasteiger partial charge in [-0.3, -0.25) is 4.79 Å². The summed E-state index contributed by atoms with van der Waals surface area (Å²) in [4.78, 5) is 12.9. The van der Waals surface area contributed by atoms with Gasteiger partial charge in [-0.25, -0.2) is 17.8 Å². The first-order valence-electron chi connectivity index (χ1n) is 9.43. The summed E-state index contributed by atoms with van der Waals surface area (Å²) in [6, 6.07) is 10.7. The number of rotatable bonds is 4. The summed E-state index contributed by atoms with van der Waals surface area (Å²) < 4.78 is 27.1. The molecular weight excluding hydrogens is 390 g/mol. The molecule has 1 atom stereocenters. The summed E-state index contributed by atoms with van der Waals surface area (Å²) in [6.07, 6.45) is 0.500. The first kappa shape index (κ1) is 19.4. The Morgan fingerprint density at radius 2 is 1.86 bits per heavy atom. The molecule has 0 aliphatic carbocycles. The number of benzene rings is 1. The predicted octanol–water partition coefficient (Wildman–Crippen LogP) is 2.61. The number of anilines is 1. The molecule has 1 amide bonds. The quantitative estimate of drug-likeness (QED) is 0.709. The molecule has 8 nitrogen and oxygen atoms in total. The molecule has 4 rings (SSSR count). The van der Waals surface area contributed by atoms with Crippen LogP contribution < -0.4 is 5.32 Å². The molecule has 1 N–H and O–H groups in total. The van der Waals surface area contributed by atoms with Crippen molar-refractivity contribution in [1.82, 2.24) is 19.6 Å². The lowest BCUT2D eigenvalue weighted by Gasteiger charge is -2.14. The zero-order chi connectivity index (χ0) is 20.8. The minimum absolute atomic E-state index is 0.0460. The second kappa shape index (κ2) is 7.14. The van der Waals surface area contributed by atoms with Gasteiger partial charge in [0.1, 0.15) is 5.82 Å². The molecule has 2 aromatic heterocycles. The lowest BCUT2D eigenvalue weighted by molar-refractivity contribution is 0.102. The predicted molar refractivity (Wildman–Crippen MR) is 110 cm³/mol. The van der Waals surface area contributed by atoms with Gasteiger partial charge in [0.2, 0.25) is 0 Å². The Morgan fingerprint density at radius 1 is 1.10 bits per heavy atom. The van der Waals surface area contributed by atoms with Crippen molar-refractivity contribution in [2.75, 3.05) is 16.8 Å². The van der Waals surface area contributed by atoms with Gasteiger partial charge < -0.3 is 5.32 Å². The molecule has 1 fully saturated rings. The molecular formula is C20H23N5O3S. The van der Waals surface area contributed by atoms with Crippen LogP contribution in [0.5, 0.6) is 0 Å². The van der Waals surface area contributed by atoms with E-state index >= 15 is 0 Å². The fourth-order valence-electron chi connectivity index (χ4n) is 3.71. The number of nitrogens with one attached hydrogen (secondary N) is 1. The molecule has 9 heteroatoms. The van der Waals surface area contributed by atoms with Crippen molar-refractivity contribution in [3.8, 4) is 5.69 Å². The molecule has 0 saturated carbocycles. The molecule has 0 spiro atoms. The third-order valence-electron chi connectivity index (χ3n) is 5.02. The minimum atomic E-state index is -3.05. The average molecular weight is 414 g/mol. The van der Waals surface area contributed by atoms with Crippen molar-refractivity contribution in [3.63, 3.8) is 0 Å². The van der Waals surface area contributed by atoms with Gasteiger partial charge in [0.25, 0.3) is 5.91 Å². The fourth-order valence-corrected chi connectivity index (χ4v) is 5.41. The number of carbonyl (C=O) groups excluding carboxylic acids is 1. The Hall–Kier alpha value is -2.94. The maximum Gasteiger partial charge on any atom is 0.256 e. The molecule has 0 radical (unpaired) electrons. The van der Waals surface area contributed by atoms with Crippen LogP contribution in [0.15, 0.2) is 36.4 Å². The third-order valence-corrected chi connectivity index (χ3v) is 6.77. The van der Waals surface area contributed by atoms with Crippen LogP contribution in [0.2, 0.25) is 0 Å². The van der Waals surface area contributed by atoms with Crippen LogP contribution in [0.3, 0.4) is 0 Å². The third kappa shape index (κ3) is 3.95. The zero-order valence-corrected chi connectivity index (χ0v) is 17.4. The summed E-state index contributed by atoms with van der Waals surface area (Å²) in [5.41, 5.74) is 3.90. The summed E-state index contributed by atoms with van der Waals surface area (Å²) in [5, 5.41) is 11.8. The van der Waals surface area contributed by atoms with Crippen LogP contribution in [-0.4, -0.2) is 45.4 Å². The van der Waals surface area contributed by atoms with Crippen molar-refractivity contribution in [2.45, 2.75) is 33.2 Å². The lowest BCUT2D eigenvalue weighted by Crippen LogP contribution is -2.19. The van der Waals surface area contributed by atoms with Crippen molar-refractivity contribution in [2.24, 2.45) is 0 Å². The van der Waals surface area contributed by atoms with Crippen molar-refractivity contribution < 1.29 is 13.2 Å². The van der Waals surface area contributed by atoms with Crippen molar-refractivity contribution in [3.05, 3.63) is 59.0 Å². The molecule has 1 aromatic carbocycles. The van der Waals surface area contributed by atoms with E-state index in [0.717, 1.165) is 22.8 Å². The van der Waals surface area contributed by atoms with Gasteiger partial charge in [-0.2, -0.15) is 10.2 Å². The Labute approximate surface area is 169 Å². The van der Waals surface area contributed by atoms with E-state index in [0.29, 0.717) is 17.8 Å². The van der Waals surface area contributed by atoms with Crippen LogP contribution in [0.1, 0.15) is 39.9 Å². The SMILES string of the molecule is Cc1cc(C)n(-c2cccc(C(=O)Nc3cc(C)nn3C3CCS(=O)(=O)C3)c2)n1. The fraction of sp³-hybridized carbons (Fsp3) is 0.350. The van der Waals surface area contributed by atoms with E-state index in [9.17, 15) is 13.2 Å². The summed E-state index contributed by atoms with van der Waals surface area (Å²) in [6.45, 7) is 5.70. The Bertz CT molecular complexity index is 1190. The highest BCUT2D eigenvalue weighted by Crippen LogP contribution is 2.27. The van der Waals surface area contributed by atoms with Crippen molar-refractivity contribution in [1.29, 1.82) is 0 Å². The van der Waals surface area contributed by atoms with E-state index in [1.165, 1.54) is 0 Å². The summed E-state index contributed by atoms with van der Waals surface area (Å²) in [5.74, 6) is 0.417. The van der Waals surface area contributed by atoms with Gasteiger partial charge in [0.15, 0.2) is 9.84 Å². The number of hydrogen-bond acceptors (Lipinski definition) is 5. The van der Waals surface area contributed by atoms with Gasteiger partial charge in [-0.05, 0) is 51.5 Å². The number of sulfone groups is 1. The summed E-state index contributed by atoms with van der Waals surface area (Å²) in [7, 11) is -3.05. The molecule has 29 heavy (non-hydrogen) atoms. The second-order valence-corrected chi connectivity index (χ2v) is 9.74. The molecule has 0 bridgehead atoms. The Balaban J connectivity index is 1.60. The maximum atomic E-state index is 12.9. The van der Waals surface area contributed by atoms with Gasteiger partial charge in [-0.15, -0.1) is 0 Å². The Kier molecular flexibility index (Phi) is 4.77. The Morgan fingerprint density at radius 3 is 2.52 bits per heavy atom. The van der Waals surface area contributed by atoms with Gasteiger partial charge in [0.05, 0.1) is 34.6 Å². The van der Waals surface area contributed by atoms with Crippen molar-refractivity contribution >= 4 is 21.6 Å². The van der Waals surface area contributed by atoms with Crippen LogP contribution in [-0.2, 0) is 9.84 Å². The van der Waals surface area contributed by atoms with E-state index in [2.05, 4.69) is 15.5 Å². The minimum Gasteiger partial charge on any atom is -0.307 e. The number of aromatic nitrogens is 4. The molecule has 152 valence electrons. The highest BCUT2D eigenvalue weighted by Gasteiger charge is 2.31. The van der Waals surface area contributed by atoms with Gasteiger partial charge in [0, 0.05) is 17.3 Å². The lowest BCUT2D eigenvalue weighted by atomic mass is 10.2. The standard InChI is InChI=1S/C20H23N5O3S/c1-13-9-15(3)24(22-13)17-6-4-5-16(11-17)20(26)21-19-10-14(2)23-25(19)18-7-8-29(27,28)12-18/h4-6,9-11,18H,7-8,12H2,1-3H3,(H,21,26). The van der Waals surface area contributed by atoms with Gasteiger partial charge >= 0.3 is 0 Å². The van der Waals surface area contributed by atoms with Crippen LogP contribution in [0.25, 0.3) is 5.69 Å². The molecule has 1 aliphatic rings. The van der Waals surface area contributed by atoms with Crippen LogP contribution >= 0.6 is 0 Å². The van der Waals surface area contributed by atoms with E-state index in [1.54, 1.807) is 27.6 Å². The summed E-state index contributed by atoms with van der Waals surface area (Å²) >= 11 is 0. The highest BCUT2D eigenvalue weighted by atomic mass is 32.2. The number of amides is 1. The molecule has 1 saturated heterocycles. The number of hydrogen-bond donors (Lipinski definition) is 1. The van der Waals surface area contributed by atoms with E-state index in [-0.39, 0.29) is 23.5 Å². The number of carbonyl (C=O) groups is 1. The van der Waals surface area contributed by atoms with Crippen LogP contribution in [0.4, 0.5) is 5.82 Å². The van der Waals surface area contributed by atoms with Crippen LogP contribution in [0, 0.1) is 20.8 Å². The second-order valence-electron chi connectivity index (χ2n) is 7.52. The van der Waals surface area contributed by atoms with E-state index in [4.69, 9.17) is 0 Å². The normalized spacial score (nSPS) is 18.1. The van der Waals surface area contributed by atoms with E-state index in [1.807, 2.05) is 39.0 Å². The molecule has 3 heterocycles. The first-order valence-corrected chi connectivity index (χ1v) is 11.3. The highest BCUT2D eigenvalue weighted by molar-refractivity contribution is 7.91. The molecule has 1 aliphatic heterocycles. The largest absolute Gasteiger partial charge is 0.307 e. The monoisotopic (exact) mass is 413 g/mol. The topological polar surface area (TPSA) is 98.9 Å². The molecule has 3 aromatic rings. The smallest absolute Gasteiger partial charge is 0.256 e. The zero-order valence-electron chi connectivity index (χ0n) is 16.6. The first-order chi connectivity index (χ1) is 13.7. The van der Waals surface area contributed by atoms with Gasteiger partial charge in [-0.1, -0.05) is 6.07 Å².